The van der Waals surface area contributed by atoms with Crippen molar-refractivity contribution in [3.05, 3.63) is 11.1 Å². The molecule has 2 nitrogen and oxygen atoms in total. The van der Waals surface area contributed by atoms with Crippen LogP contribution in [0.1, 0.15) is 53.4 Å². The van der Waals surface area contributed by atoms with Gasteiger partial charge in [0.15, 0.2) is 0 Å². The Hall–Kier alpha value is -0.340. The van der Waals surface area contributed by atoms with Crippen molar-refractivity contribution in [1.29, 1.82) is 0 Å². The number of rotatable bonds is 0. The molecule has 2 N–H and O–H groups in total. The second-order valence-electron chi connectivity index (χ2n) is 6.58. The van der Waals surface area contributed by atoms with Gasteiger partial charge in [0, 0.05) is 6.42 Å². The van der Waals surface area contributed by atoms with Gasteiger partial charge in [0.1, 0.15) is 0 Å². The topological polar surface area (TPSA) is 40.5 Å². The van der Waals surface area contributed by atoms with Crippen LogP contribution in [0.25, 0.3) is 0 Å². The summed E-state index contributed by atoms with van der Waals surface area (Å²) in [6.07, 6.45) is 3.11. The zero-order valence-electron chi connectivity index (χ0n) is 10.9. The molecule has 3 atom stereocenters. The predicted molar refractivity (Wildman–Crippen MR) is 65.1 cm³/mol. The summed E-state index contributed by atoms with van der Waals surface area (Å²) in [5, 5.41) is 20.2. The van der Waals surface area contributed by atoms with Gasteiger partial charge < -0.3 is 10.2 Å². The molecule has 2 rings (SSSR count). The largest absolute Gasteiger partial charge is 0.390 e. The lowest BCUT2D eigenvalue weighted by molar-refractivity contribution is -0.0724. The Labute approximate surface area is 98.4 Å². The van der Waals surface area contributed by atoms with Crippen LogP contribution in [0.15, 0.2) is 11.1 Å². The van der Waals surface area contributed by atoms with Crippen LogP contribution in [0.2, 0.25) is 0 Å². The first-order valence-electron chi connectivity index (χ1n) is 6.37. The molecule has 0 heterocycles. The molecule has 3 unspecified atom stereocenters. The summed E-state index contributed by atoms with van der Waals surface area (Å²) in [5.41, 5.74) is 2.08. The Bertz CT molecular complexity index is 326. The van der Waals surface area contributed by atoms with E-state index < -0.39 is 11.7 Å². The van der Waals surface area contributed by atoms with Gasteiger partial charge in [0.2, 0.25) is 0 Å². The van der Waals surface area contributed by atoms with Crippen LogP contribution >= 0.6 is 0 Å². The Morgan fingerprint density at radius 1 is 1.25 bits per heavy atom. The minimum atomic E-state index is -0.937. The summed E-state index contributed by atoms with van der Waals surface area (Å²) in [4.78, 5) is 0. The van der Waals surface area contributed by atoms with Gasteiger partial charge in [0.25, 0.3) is 0 Å². The van der Waals surface area contributed by atoms with E-state index in [1.807, 2.05) is 0 Å². The van der Waals surface area contributed by atoms with Crippen molar-refractivity contribution >= 4 is 0 Å². The lowest BCUT2D eigenvalue weighted by atomic mass is 9.61. The standard InChI is InChI=1S/C14H24O2/c1-9-5-6-13(2,3)11-8-14(4,16)12(15)7-10(9)11/h9,12,15-16H,5-8H2,1-4H3. The first-order chi connectivity index (χ1) is 7.24. The molecule has 0 aromatic rings. The number of aliphatic hydroxyl groups excluding tert-OH is 1. The molecule has 92 valence electrons. The molecule has 2 aliphatic rings. The van der Waals surface area contributed by atoms with Crippen LogP contribution in [0, 0.1) is 11.3 Å². The van der Waals surface area contributed by atoms with Crippen molar-refractivity contribution < 1.29 is 10.2 Å². The van der Waals surface area contributed by atoms with Gasteiger partial charge in [-0.3, -0.25) is 0 Å². The molecule has 0 aromatic carbocycles. The molecule has 0 aromatic heterocycles. The second kappa shape index (κ2) is 3.58. The third-order valence-electron chi connectivity index (χ3n) is 4.67. The van der Waals surface area contributed by atoms with Gasteiger partial charge >= 0.3 is 0 Å². The number of hydrogen-bond donors (Lipinski definition) is 2. The van der Waals surface area contributed by atoms with Crippen LogP contribution < -0.4 is 0 Å². The minimum absolute atomic E-state index is 0.200. The highest BCUT2D eigenvalue weighted by Crippen LogP contribution is 2.50. The SMILES string of the molecule is CC1CCC(C)(C)C2=C1CC(O)C(C)(O)C2. The summed E-state index contributed by atoms with van der Waals surface area (Å²) >= 11 is 0. The zero-order valence-corrected chi connectivity index (χ0v) is 10.9. The molecule has 0 saturated heterocycles. The maximum atomic E-state index is 10.2. The van der Waals surface area contributed by atoms with E-state index in [-0.39, 0.29) is 5.41 Å². The van der Waals surface area contributed by atoms with Gasteiger partial charge in [-0.2, -0.15) is 0 Å². The van der Waals surface area contributed by atoms with E-state index in [0.29, 0.717) is 18.8 Å². The van der Waals surface area contributed by atoms with Gasteiger partial charge in [-0.15, -0.1) is 0 Å². The molecule has 0 radical (unpaired) electrons. The van der Waals surface area contributed by atoms with Gasteiger partial charge in [-0.1, -0.05) is 31.9 Å². The first kappa shape index (κ1) is 12.1. The van der Waals surface area contributed by atoms with Crippen LogP contribution in [0.5, 0.6) is 0 Å². The Morgan fingerprint density at radius 3 is 2.50 bits per heavy atom. The molecule has 0 aliphatic heterocycles. The van der Waals surface area contributed by atoms with E-state index in [1.165, 1.54) is 24.0 Å². The van der Waals surface area contributed by atoms with Gasteiger partial charge in [-0.25, -0.2) is 0 Å². The van der Waals surface area contributed by atoms with Gasteiger partial charge in [0.05, 0.1) is 11.7 Å². The van der Waals surface area contributed by atoms with E-state index in [0.717, 1.165) is 0 Å². The predicted octanol–water partition coefficient (Wildman–Crippen LogP) is 2.64. The Balaban J connectivity index is 2.42. The fraction of sp³-hybridized carbons (Fsp3) is 0.857. The highest BCUT2D eigenvalue weighted by molar-refractivity contribution is 5.31. The second-order valence-corrected chi connectivity index (χ2v) is 6.58. The molecule has 0 saturated carbocycles. The molecule has 2 aliphatic carbocycles. The van der Waals surface area contributed by atoms with Crippen molar-refractivity contribution in [3.8, 4) is 0 Å². The molecule has 0 bridgehead atoms. The average molecular weight is 224 g/mol. The zero-order chi connectivity index (χ0) is 12.1. The monoisotopic (exact) mass is 224 g/mol. The molecular formula is C14H24O2. The summed E-state index contributed by atoms with van der Waals surface area (Å²) in [7, 11) is 0. The molecule has 0 amide bonds. The van der Waals surface area contributed by atoms with Crippen LogP contribution in [0.4, 0.5) is 0 Å². The maximum Gasteiger partial charge on any atom is 0.0917 e. The van der Waals surface area contributed by atoms with Crippen LogP contribution in [0.3, 0.4) is 0 Å². The van der Waals surface area contributed by atoms with Crippen molar-refractivity contribution in [2.75, 3.05) is 0 Å². The molecule has 16 heavy (non-hydrogen) atoms. The molecule has 2 heteroatoms. The third-order valence-corrected chi connectivity index (χ3v) is 4.67. The summed E-state index contributed by atoms with van der Waals surface area (Å²) < 4.78 is 0. The van der Waals surface area contributed by atoms with E-state index in [2.05, 4.69) is 20.8 Å². The first-order valence-corrected chi connectivity index (χ1v) is 6.37. The quantitative estimate of drug-likeness (QED) is 0.621. The van der Waals surface area contributed by atoms with Gasteiger partial charge in [-0.05, 0) is 37.5 Å². The molecule has 0 spiro atoms. The fourth-order valence-corrected chi connectivity index (χ4v) is 3.22. The fourth-order valence-electron chi connectivity index (χ4n) is 3.22. The lowest BCUT2D eigenvalue weighted by Gasteiger charge is -2.47. The summed E-state index contributed by atoms with van der Waals surface area (Å²) in [5.74, 6) is 0.578. The smallest absolute Gasteiger partial charge is 0.0917 e. The van der Waals surface area contributed by atoms with Crippen molar-refractivity contribution in [1.82, 2.24) is 0 Å². The van der Waals surface area contributed by atoms with Crippen molar-refractivity contribution in [2.45, 2.75) is 65.1 Å². The third kappa shape index (κ3) is 1.82. The Kier molecular flexibility index (Phi) is 2.71. The summed E-state index contributed by atoms with van der Waals surface area (Å²) in [6.45, 7) is 8.54. The summed E-state index contributed by atoms with van der Waals surface area (Å²) in [6, 6.07) is 0. The van der Waals surface area contributed by atoms with E-state index in [9.17, 15) is 10.2 Å². The van der Waals surface area contributed by atoms with Crippen molar-refractivity contribution in [3.63, 3.8) is 0 Å². The van der Waals surface area contributed by atoms with Crippen LogP contribution in [-0.2, 0) is 0 Å². The number of aliphatic hydroxyl groups is 2. The highest BCUT2D eigenvalue weighted by Gasteiger charge is 2.44. The van der Waals surface area contributed by atoms with E-state index in [1.54, 1.807) is 6.92 Å². The Morgan fingerprint density at radius 2 is 1.88 bits per heavy atom. The number of hydrogen-bond acceptors (Lipinski definition) is 2. The minimum Gasteiger partial charge on any atom is -0.390 e. The lowest BCUT2D eigenvalue weighted by Crippen LogP contribution is -2.46. The van der Waals surface area contributed by atoms with E-state index in [4.69, 9.17) is 0 Å². The maximum absolute atomic E-state index is 10.2. The van der Waals surface area contributed by atoms with Crippen LogP contribution in [-0.4, -0.2) is 21.9 Å². The molecule has 0 fully saturated rings. The average Bonchev–Trinajstić information content (AvgIpc) is 2.16. The normalized spacial score (nSPS) is 43.1. The van der Waals surface area contributed by atoms with E-state index >= 15 is 0 Å². The van der Waals surface area contributed by atoms with Crippen molar-refractivity contribution in [2.24, 2.45) is 11.3 Å². The molecular weight excluding hydrogens is 200 g/mol. The highest BCUT2D eigenvalue weighted by atomic mass is 16.3.